The van der Waals surface area contributed by atoms with E-state index < -0.39 is 24.3 Å². The summed E-state index contributed by atoms with van der Waals surface area (Å²) in [6.07, 6.45) is -0.731. The molecule has 0 aliphatic rings. The van der Waals surface area contributed by atoms with Crippen LogP contribution in [0.1, 0.15) is 16.8 Å². The van der Waals surface area contributed by atoms with Gasteiger partial charge in [0.2, 0.25) is 0 Å². The molecule has 2 rings (SSSR count). The van der Waals surface area contributed by atoms with Crippen LogP contribution in [0.4, 0.5) is 0 Å². The molecule has 0 bridgehead atoms. The van der Waals surface area contributed by atoms with Gasteiger partial charge in [0.15, 0.2) is 5.75 Å². The SMILES string of the molecule is O=C(CC(=O)OC(=O)c1ccccc1)OOc1ccccc1. The molecule has 0 atom stereocenters. The lowest BCUT2D eigenvalue weighted by atomic mass is 10.2. The maximum Gasteiger partial charge on any atom is 0.366 e. The average Bonchev–Trinajstić information content (AvgIpc) is 2.54. The number of carbonyl (C=O) groups is 3. The number of carbonyl (C=O) groups excluding carboxylic acids is 3. The Morgan fingerprint density at radius 1 is 0.773 bits per heavy atom. The highest BCUT2D eigenvalue weighted by molar-refractivity contribution is 6.01. The summed E-state index contributed by atoms with van der Waals surface area (Å²) in [4.78, 5) is 43.6. The molecule has 0 unspecified atom stereocenters. The largest absolute Gasteiger partial charge is 0.389 e. The van der Waals surface area contributed by atoms with Crippen molar-refractivity contribution in [3.8, 4) is 5.75 Å². The molecule has 0 spiro atoms. The third-order valence-corrected chi connectivity index (χ3v) is 2.48. The fraction of sp³-hybridized carbons (Fsp3) is 0.0625. The first-order chi connectivity index (χ1) is 10.6. The van der Waals surface area contributed by atoms with E-state index in [1.54, 1.807) is 48.5 Å². The van der Waals surface area contributed by atoms with Crippen LogP contribution < -0.4 is 4.89 Å². The van der Waals surface area contributed by atoms with E-state index in [1.807, 2.05) is 0 Å². The van der Waals surface area contributed by atoms with Crippen molar-refractivity contribution in [2.75, 3.05) is 0 Å². The first kappa shape index (κ1) is 15.2. The minimum Gasteiger partial charge on any atom is -0.389 e. The Morgan fingerprint density at radius 3 is 2.00 bits per heavy atom. The van der Waals surface area contributed by atoms with Crippen LogP contribution in [0.3, 0.4) is 0 Å². The first-order valence-electron chi connectivity index (χ1n) is 6.37. The molecule has 0 saturated heterocycles. The van der Waals surface area contributed by atoms with E-state index in [0.717, 1.165) is 0 Å². The average molecular weight is 300 g/mol. The number of esters is 2. The molecule has 0 heterocycles. The molecule has 0 aliphatic heterocycles. The van der Waals surface area contributed by atoms with Gasteiger partial charge in [0.1, 0.15) is 6.42 Å². The van der Waals surface area contributed by atoms with Gasteiger partial charge in [-0.05, 0) is 24.3 Å². The lowest BCUT2D eigenvalue weighted by molar-refractivity contribution is -0.214. The summed E-state index contributed by atoms with van der Waals surface area (Å²) in [5, 5.41) is 0. The molecule has 0 saturated carbocycles. The lowest BCUT2D eigenvalue weighted by Crippen LogP contribution is -2.18. The van der Waals surface area contributed by atoms with E-state index in [0.29, 0.717) is 5.75 Å². The third kappa shape index (κ3) is 4.75. The maximum atomic E-state index is 11.6. The Bertz CT molecular complexity index is 651. The molecule has 22 heavy (non-hydrogen) atoms. The zero-order valence-electron chi connectivity index (χ0n) is 11.4. The number of hydrogen-bond donors (Lipinski definition) is 0. The number of rotatable bonds is 5. The van der Waals surface area contributed by atoms with Gasteiger partial charge in [0, 0.05) is 0 Å². The normalized spacial score (nSPS) is 9.64. The van der Waals surface area contributed by atoms with Crippen LogP contribution in [0, 0.1) is 0 Å². The summed E-state index contributed by atoms with van der Waals surface area (Å²) in [6, 6.07) is 16.3. The minimum atomic E-state index is -1.02. The Hall–Kier alpha value is -3.15. The predicted molar refractivity (Wildman–Crippen MR) is 74.6 cm³/mol. The smallest absolute Gasteiger partial charge is 0.366 e. The summed E-state index contributed by atoms with van der Waals surface area (Å²) in [5.74, 6) is -2.50. The topological polar surface area (TPSA) is 78.9 Å². The maximum absolute atomic E-state index is 11.6. The van der Waals surface area contributed by atoms with Crippen LogP contribution in [0.25, 0.3) is 0 Å². The van der Waals surface area contributed by atoms with Crippen LogP contribution in [0.5, 0.6) is 5.75 Å². The monoisotopic (exact) mass is 300 g/mol. The number of hydrogen-bond acceptors (Lipinski definition) is 6. The Balaban J connectivity index is 1.77. The zero-order chi connectivity index (χ0) is 15.8. The quantitative estimate of drug-likeness (QED) is 0.365. The molecule has 0 N–H and O–H groups in total. The van der Waals surface area contributed by atoms with E-state index in [2.05, 4.69) is 9.62 Å². The van der Waals surface area contributed by atoms with E-state index in [4.69, 9.17) is 4.89 Å². The van der Waals surface area contributed by atoms with Gasteiger partial charge in [-0.1, -0.05) is 36.4 Å². The summed E-state index contributed by atoms with van der Waals surface area (Å²) < 4.78 is 4.52. The van der Waals surface area contributed by atoms with Crippen LogP contribution in [0.15, 0.2) is 60.7 Å². The number of ether oxygens (including phenoxy) is 1. The molecule has 112 valence electrons. The van der Waals surface area contributed by atoms with E-state index in [9.17, 15) is 14.4 Å². The van der Waals surface area contributed by atoms with E-state index in [-0.39, 0.29) is 5.56 Å². The van der Waals surface area contributed by atoms with Gasteiger partial charge in [-0.2, -0.15) is 0 Å². The highest BCUT2D eigenvalue weighted by atomic mass is 17.2. The van der Waals surface area contributed by atoms with Gasteiger partial charge < -0.3 is 4.74 Å². The minimum absolute atomic E-state index is 0.213. The van der Waals surface area contributed by atoms with Gasteiger partial charge in [-0.25, -0.2) is 14.5 Å². The van der Waals surface area contributed by atoms with Gasteiger partial charge in [0.25, 0.3) is 0 Å². The Morgan fingerprint density at radius 2 is 1.36 bits per heavy atom. The second-order valence-corrected chi connectivity index (χ2v) is 4.16. The fourth-order valence-electron chi connectivity index (χ4n) is 1.49. The van der Waals surface area contributed by atoms with Crippen molar-refractivity contribution in [2.24, 2.45) is 0 Å². The van der Waals surface area contributed by atoms with Crippen molar-refractivity contribution in [1.29, 1.82) is 0 Å². The number of benzene rings is 2. The van der Waals surface area contributed by atoms with Gasteiger partial charge in [0.05, 0.1) is 5.56 Å². The predicted octanol–water partition coefficient (Wildman–Crippen LogP) is 2.30. The van der Waals surface area contributed by atoms with Crippen LogP contribution in [0.2, 0.25) is 0 Å². The zero-order valence-corrected chi connectivity index (χ0v) is 11.4. The highest BCUT2D eigenvalue weighted by Crippen LogP contribution is 2.09. The van der Waals surface area contributed by atoms with Crippen molar-refractivity contribution in [2.45, 2.75) is 6.42 Å². The molecular formula is C16H12O6. The van der Waals surface area contributed by atoms with E-state index >= 15 is 0 Å². The standard InChI is InChI=1S/C16H12O6/c17-14(20-16(19)12-7-3-1-4-8-12)11-15(18)22-21-13-9-5-2-6-10-13/h1-10H,11H2. The molecular weight excluding hydrogens is 288 g/mol. The van der Waals surface area contributed by atoms with Gasteiger partial charge >= 0.3 is 17.9 Å². The Kier molecular flexibility index (Phi) is 5.25. The van der Waals surface area contributed by atoms with Crippen LogP contribution >= 0.6 is 0 Å². The van der Waals surface area contributed by atoms with Crippen molar-refractivity contribution >= 4 is 17.9 Å². The highest BCUT2D eigenvalue weighted by Gasteiger charge is 2.18. The second-order valence-electron chi connectivity index (χ2n) is 4.16. The summed E-state index contributed by atoms with van der Waals surface area (Å²) >= 11 is 0. The molecule has 0 aliphatic carbocycles. The van der Waals surface area contributed by atoms with Crippen molar-refractivity contribution in [3.05, 3.63) is 66.2 Å². The van der Waals surface area contributed by atoms with Crippen LogP contribution in [-0.4, -0.2) is 17.9 Å². The second kappa shape index (κ2) is 7.58. The summed E-state index contributed by atoms with van der Waals surface area (Å²) in [7, 11) is 0. The molecule has 2 aromatic carbocycles. The lowest BCUT2D eigenvalue weighted by Gasteiger charge is -2.04. The van der Waals surface area contributed by atoms with E-state index in [1.165, 1.54) is 12.1 Å². The molecule has 0 fully saturated rings. The van der Waals surface area contributed by atoms with Crippen LogP contribution in [-0.2, 0) is 19.2 Å². The molecule has 6 heteroatoms. The third-order valence-electron chi connectivity index (χ3n) is 2.48. The fourth-order valence-corrected chi connectivity index (χ4v) is 1.49. The van der Waals surface area contributed by atoms with Gasteiger partial charge in [-0.3, -0.25) is 9.68 Å². The molecule has 0 aromatic heterocycles. The first-order valence-corrected chi connectivity index (χ1v) is 6.37. The summed E-state index contributed by atoms with van der Waals surface area (Å²) in [6.45, 7) is 0. The molecule has 6 nitrogen and oxygen atoms in total. The summed E-state index contributed by atoms with van der Waals surface area (Å²) in [5.41, 5.74) is 0.213. The van der Waals surface area contributed by atoms with Crippen molar-refractivity contribution < 1.29 is 28.9 Å². The van der Waals surface area contributed by atoms with Crippen molar-refractivity contribution in [3.63, 3.8) is 0 Å². The molecule has 0 amide bonds. The van der Waals surface area contributed by atoms with Crippen molar-refractivity contribution in [1.82, 2.24) is 0 Å². The van der Waals surface area contributed by atoms with Gasteiger partial charge in [-0.15, -0.1) is 0 Å². The number of para-hydroxylation sites is 1. The Labute approximate surface area is 126 Å². The molecule has 2 aromatic rings. The molecule has 0 radical (unpaired) electrons.